The van der Waals surface area contributed by atoms with E-state index in [4.69, 9.17) is 0 Å². The van der Waals surface area contributed by atoms with Gasteiger partial charge in [-0.1, -0.05) is 23.5 Å². The molecule has 0 saturated carbocycles. The van der Waals surface area contributed by atoms with Gasteiger partial charge in [0, 0.05) is 6.20 Å². The Morgan fingerprint density at radius 1 is 1.21 bits per heavy atom. The molecule has 3 heterocycles. The molecule has 24 heavy (non-hydrogen) atoms. The number of carbonyl (C=O) groups excluding carboxylic acids is 1. The van der Waals surface area contributed by atoms with E-state index in [0.717, 1.165) is 9.84 Å². The number of nitrogens with one attached hydrogen (secondary N) is 2. The second-order valence-electron chi connectivity index (χ2n) is 5.17. The molecule has 0 aliphatic carbocycles. The summed E-state index contributed by atoms with van der Waals surface area (Å²) in [5.74, 6) is -0.313. The number of carbonyl (C=O) groups is 1. The van der Waals surface area contributed by atoms with Gasteiger partial charge in [-0.2, -0.15) is 0 Å². The second-order valence-corrected chi connectivity index (χ2v) is 6.35. The number of pyridine rings is 1. The molecule has 0 fully saturated rings. The van der Waals surface area contributed by atoms with Crippen molar-refractivity contribution in [1.29, 1.82) is 0 Å². The van der Waals surface area contributed by atoms with Gasteiger partial charge in [0.25, 0.3) is 11.5 Å². The highest BCUT2D eigenvalue weighted by Crippen LogP contribution is 2.20. The molecule has 0 aliphatic rings. The predicted molar refractivity (Wildman–Crippen MR) is 92.5 cm³/mol. The van der Waals surface area contributed by atoms with Crippen LogP contribution < -0.4 is 10.9 Å². The summed E-state index contributed by atoms with van der Waals surface area (Å²) in [5.41, 5.74) is 1.23. The van der Waals surface area contributed by atoms with Gasteiger partial charge in [0.15, 0.2) is 0 Å². The van der Waals surface area contributed by atoms with Crippen molar-refractivity contribution in [3.05, 3.63) is 57.5 Å². The van der Waals surface area contributed by atoms with Crippen LogP contribution in [0.5, 0.6) is 0 Å². The number of nitrogens with zero attached hydrogens (tertiary/aromatic N) is 3. The quantitative estimate of drug-likeness (QED) is 0.585. The number of aryl methyl sites for hydroxylation is 1. The Labute approximate surface area is 139 Å². The zero-order valence-electron chi connectivity index (χ0n) is 12.5. The summed E-state index contributed by atoms with van der Waals surface area (Å²) in [7, 11) is 0. The van der Waals surface area contributed by atoms with Crippen LogP contribution in [0.15, 0.2) is 41.3 Å². The van der Waals surface area contributed by atoms with Crippen molar-refractivity contribution in [3.63, 3.8) is 0 Å². The van der Waals surface area contributed by atoms with Gasteiger partial charge < -0.3 is 0 Å². The summed E-state index contributed by atoms with van der Waals surface area (Å²) in [4.78, 5) is 40.5. The van der Waals surface area contributed by atoms with Gasteiger partial charge in [-0.05, 0) is 25.1 Å². The van der Waals surface area contributed by atoms with E-state index in [1.807, 2.05) is 6.92 Å². The molecule has 4 rings (SSSR count). The van der Waals surface area contributed by atoms with Crippen molar-refractivity contribution < 1.29 is 4.79 Å². The minimum absolute atomic E-state index is 0.0956. The first kappa shape index (κ1) is 14.5. The maximum atomic E-state index is 12.4. The first-order valence-electron chi connectivity index (χ1n) is 7.14. The topological polar surface area (TPSA) is 101 Å². The van der Waals surface area contributed by atoms with Crippen molar-refractivity contribution in [3.8, 4) is 0 Å². The van der Waals surface area contributed by atoms with E-state index in [1.54, 1.807) is 30.3 Å². The number of benzene rings is 1. The van der Waals surface area contributed by atoms with Crippen molar-refractivity contribution in [2.45, 2.75) is 6.92 Å². The maximum absolute atomic E-state index is 12.4. The number of amides is 1. The average molecular weight is 337 g/mol. The molecule has 4 aromatic rings. The summed E-state index contributed by atoms with van der Waals surface area (Å²) in [5, 5.41) is 3.95. The SMILES string of the molecule is Cc1nc2cc(C(=O)Nc3nc4ccccc4c(=O)[nH]3)cnc2s1. The van der Waals surface area contributed by atoms with Crippen LogP contribution in [0.25, 0.3) is 21.3 Å². The van der Waals surface area contributed by atoms with Crippen LogP contribution >= 0.6 is 11.3 Å². The van der Waals surface area contributed by atoms with Gasteiger partial charge in [-0.3, -0.25) is 19.9 Å². The average Bonchev–Trinajstić information content (AvgIpc) is 2.94. The van der Waals surface area contributed by atoms with Crippen molar-refractivity contribution in [2.24, 2.45) is 0 Å². The molecule has 3 aromatic heterocycles. The van der Waals surface area contributed by atoms with Crippen molar-refractivity contribution >= 4 is 44.4 Å². The highest BCUT2D eigenvalue weighted by molar-refractivity contribution is 7.18. The number of aromatic nitrogens is 4. The van der Waals surface area contributed by atoms with E-state index in [0.29, 0.717) is 22.0 Å². The Morgan fingerprint density at radius 3 is 2.92 bits per heavy atom. The lowest BCUT2D eigenvalue weighted by molar-refractivity contribution is 0.102. The van der Waals surface area contributed by atoms with E-state index >= 15 is 0 Å². The largest absolute Gasteiger partial charge is 0.292 e. The third kappa shape index (κ3) is 2.52. The number of aromatic amines is 1. The zero-order valence-corrected chi connectivity index (χ0v) is 13.3. The highest BCUT2D eigenvalue weighted by atomic mass is 32.1. The van der Waals surface area contributed by atoms with Crippen LogP contribution in [0.3, 0.4) is 0 Å². The number of fused-ring (bicyclic) bond motifs is 2. The van der Waals surface area contributed by atoms with Gasteiger partial charge in [-0.25, -0.2) is 15.0 Å². The van der Waals surface area contributed by atoms with Gasteiger partial charge in [-0.15, -0.1) is 0 Å². The molecular weight excluding hydrogens is 326 g/mol. The fraction of sp³-hybridized carbons (Fsp3) is 0.0625. The molecule has 1 aromatic carbocycles. The van der Waals surface area contributed by atoms with Crippen LogP contribution in [-0.2, 0) is 0 Å². The van der Waals surface area contributed by atoms with Crippen LogP contribution in [0.4, 0.5) is 5.95 Å². The van der Waals surface area contributed by atoms with Gasteiger partial charge >= 0.3 is 0 Å². The molecule has 0 aliphatic heterocycles. The lowest BCUT2D eigenvalue weighted by Crippen LogP contribution is -2.18. The minimum atomic E-state index is -0.409. The number of hydrogen-bond acceptors (Lipinski definition) is 6. The molecule has 0 unspecified atom stereocenters. The Balaban J connectivity index is 1.68. The molecule has 1 amide bonds. The lowest BCUT2D eigenvalue weighted by Gasteiger charge is -2.05. The van der Waals surface area contributed by atoms with E-state index in [1.165, 1.54) is 17.5 Å². The monoisotopic (exact) mass is 337 g/mol. The summed E-state index contributed by atoms with van der Waals surface area (Å²) in [6, 6.07) is 8.60. The van der Waals surface area contributed by atoms with E-state index in [2.05, 4.69) is 25.3 Å². The van der Waals surface area contributed by atoms with E-state index in [-0.39, 0.29) is 11.5 Å². The number of H-pyrrole nitrogens is 1. The molecule has 0 saturated heterocycles. The molecular formula is C16H11N5O2S. The van der Waals surface area contributed by atoms with Gasteiger partial charge in [0.1, 0.15) is 10.3 Å². The predicted octanol–water partition coefficient (Wildman–Crippen LogP) is 2.49. The van der Waals surface area contributed by atoms with Gasteiger partial charge in [0.2, 0.25) is 5.95 Å². The standard InChI is InChI=1S/C16H11N5O2S/c1-8-18-12-6-9(7-17-15(12)24-8)13(22)20-16-19-11-5-3-2-4-10(11)14(23)21-16/h2-7H,1H3,(H2,19,20,21,22,23). The van der Waals surface area contributed by atoms with Crippen LogP contribution in [0, 0.1) is 6.92 Å². The number of para-hydroxylation sites is 1. The van der Waals surface area contributed by atoms with E-state index < -0.39 is 5.91 Å². The Kier molecular flexibility index (Phi) is 3.31. The van der Waals surface area contributed by atoms with Crippen molar-refractivity contribution in [1.82, 2.24) is 19.9 Å². The third-order valence-electron chi connectivity index (χ3n) is 3.46. The third-order valence-corrected chi connectivity index (χ3v) is 4.36. The summed E-state index contributed by atoms with van der Waals surface area (Å²) in [6.07, 6.45) is 1.48. The van der Waals surface area contributed by atoms with Crippen LogP contribution in [0.1, 0.15) is 15.4 Å². The van der Waals surface area contributed by atoms with Crippen LogP contribution in [-0.4, -0.2) is 25.8 Å². The molecule has 2 N–H and O–H groups in total. The summed E-state index contributed by atoms with van der Waals surface area (Å²) >= 11 is 1.47. The number of thiazole rings is 1. The maximum Gasteiger partial charge on any atom is 0.260 e. The summed E-state index contributed by atoms with van der Waals surface area (Å²) < 4.78 is 0. The molecule has 0 bridgehead atoms. The van der Waals surface area contributed by atoms with Crippen molar-refractivity contribution in [2.75, 3.05) is 5.32 Å². The molecule has 118 valence electrons. The Morgan fingerprint density at radius 2 is 2.04 bits per heavy atom. The second kappa shape index (κ2) is 5.50. The van der Waals surface area contributed by atoms with Gasteiger partial charge in [0.05, 0.1) is 21.5 Å². The first-order chi connectivity index (χ1) is 11.6. The lowest BCUT2D eigenvalue weighted by atomic mass is 10.2. The molecule has 0 spiro atoms. The molecule has 0 radical (unpaired) electrons. The molecule has 7 nitrogen and oxygen atoms in total. The van der Waals surface area contributed by atoms with E-state index in [9.17, 15) is 9.59 Å². The molecule has 0 atom stereocenters. The Bertz CT molecular complexity index is 1150. The molecule has 8 heteroatoms. The fourth-order valence-corrected chi connectivity index (χ4v) is 3.12. The fourth-order valence-electron chi connectivity index (χ4n) is 2.38. The number of rotatable bonds is 2. The Hall–Kier alpha value is -3.13. The normalized spacial score (nSPS) is 11.0. The summed E-state index contributed by atoms with van der Waals surface area (Å²) in [6.45, 7) is 1.88. The highest BCUT2D eigenvalue weighted by Gasteiger charge is 2.12. The number of anilines is 1. The zero-order chi connectivity index (χ0) is 16.7. The minimum Gasteiger partial charge on any atom is -0.292 e. The first-order valence-corrected chi connectivity index (χ1v) is 7.95. The van der Waals surface area contributed by atoms with Crippen LogP contribution in [0.2, 0.25) is 0 Å². The smallest absolute Gasteiger partial charge is 0.260 e. The number of hydrogen-bond donors (Lipinski definition) is 2.